The molecule has 4 rings (SSSR count). The van der Waals surface area contributed by atoms with Gasteiger partial charge in [0.05, 0.1) is 12.2 Å². The summed E-state index contributed by atoms with van der Waals surface area (Å²) in [5.41, 5.74) is 1.33. The summed E-state index contributed by atoms with van der Waals surface area (Å²) in [6.45, 7) is 9.17. The Bertz CT molecular complexity index is 628. The van der Waals surface area contributed by atoms with Crippen molar-refractivity contribution in [3.05, 3.63) is 29.8 Å². The number of hydrogen-bond donors (Lipinski definition) is 2. The van der Waals surface area contributed by atoms with Crippen molar-refractivity contribution in [2.75, 3.05) is 32.8 Å². The van der Waals surface area contributed by atoms with Crippen LogP contribution in [0, 0.1) is 5.41 Å². The van der Waals surface area contributed by atoms with E-state index in [1.54, 1.807) is 0 Å². The van der Waals surface area contributed by atoms with Crippen LogP contribution in [0.1, 0.15) is 63.9 Å². The number of nitrogens with zero attached hydrogens (tertiary/aromatic N) is 1. The normalized spacial score (nSPS) is 26.3. The molecule has 1 aromatic carbocycles. The summed E-state index contributed by atoms with van der Waals surface area (Å²) in [4.78, 5) is 2.77. The molecule has 2 heterocycles. The van der Waals surface area contributed by atoms with Crippen molar-refractivity contribution in [1.29, 1.82) is 0 Å². The van der Waals surface area contributed by atoms with Crippen LogP contribution in [0.4, 0.5) is 0 Å². The minimum Gasteiger partial charge on any atom is -0.493 e. The molecular weight excluding hydrogens is 336 g/mol. The summed E-state index contributed by atoms with van der Waals surface area (Å²) >= 11 is 0. The van der Waals surface area contributed by atoms with Gasteiger partial charge in [-0.1, -0.05) is 18.2 Å². The molecule has 2 saturated heterocycles. The largest absolute Gasteiger partial charge is 0.493 e. The van der Waals surface area contributed by atoms with Crippen LogP contribution in [0.3, 0.4) is 0 Å². The molecule has 1 atom stereocenters. The summed E-state index contributed by atoms with van der Waals surface area (Å²) < 4.78 is 6.06. The van der Waals surface area contributed by atoms with E-state index < -0.39 is 5.60 Å². The molecule has 1 aliphatic carbocycles. The lowest BCUT2D eigenvalue weighted by atomic mass is 9.80. The van der Waals surface area contributed by atoms with Gasteiger partial charge < -0.3 is 20.1 Å². The first-order chi connectivity index (χ1) is 12.9. The molecule has 0 radical (unpaired) electrons. The second-order valence-electron chi connectivity index (χ2n) is 9.76. The average molecular weight is 373 g/mol. The summed E-state index contributed by atoms with van der Waals surface area (Å²) in [5.74, 6) is 1.61. The van der Waals surface area contributed by atoms with Gasteiger partial charge in [0.1, 0.15) is 5.75 Å². The summed E-state index contributed by atoms with van der Waals surface area (Å²) in [6, 6.07) is 9.34. The second kappa shape index (κ2) is 7.73. The van der Waals surface area contributed by atoms with Crippen molar-refractivity contribution in [2.45, 2.75) is 69.9 Å². The number of hydrogen-bond acceptors (Lipinski definition) is 4. The average Bonchev–Trinajstić information content (AvgIpc) is 3.08. The molecule has 4 nitrogen and oxygen atoms in total. The van der Waals surface area contributed by atoms with Crippen molar-refractivity contribution in [3.8, 4) is 5.75 Å². The molecule has 2 aliphatic heterocycles. The van der Waals surface area contributed by atoms with E-state index in [1.165, 1.54) is 63.8 Å². The molecular formula is C23H36N2O2. The Morgan fingerprint density at radius 1 is 1.19 bits per heavy atom. The molecule has 1 aromatic rings. The van der Waals surface area contributed by atoms with E-state index in [2.05, 4.69) is 34.5 Å². The van der Waals surface area contributed by atoms with E-state index in [1.807, 2.05) is 13.8 Å². The predicted octanol–water partition coefficient (Wildman–Crippen LogP) is 3.55. The van der Waals surface area contributed by atoms with Gasteiger partial charge in [0, 0.05) is 25.6 Å². The number of aliphatic hydroxyl groups is 1. The lowest BCUT2D eigenvalue weighted by Crippen LogP contribution is -2.52. The summed E-state index contributed by atoms with van der Waals surface area (Å²) in [5, 5.41) is 13.4. The van der Waals surface area contributed by atoms with Gasteiger partial charge in [0.25, 0.3) is 0 Å². The molecule has 150 valence electrons. The van der Waals surface area contributed by atoms with Gasteiger partial charge in [-0.2, -0.15) is 0 Å². The highest BCUT2D eigenvalue weighted by atomic mass is 16.5. The number of piperidine rings is 1. The third-order valence-corrected chi connectivity index (χ3v) is 7.05. The van der Waals surface area contributed by atoms with Crippen molar-refractivity contribution >= 4 is 0 Å². The highest BCUT2D eigenvalue weighted by Crippen LogP contribution is 2.44. The minimum absolute atomic E-state index is 0.567. The molecule has 2 N–H and O–H groups in total. The SMILES string of the molecule is CC(C)(O)CCOc1ccccc1C1CCN(C2CCC3(CNC3)C2)CC1. The van der Waals surface area contributed by atoms with Gasteiger partial charge in [0.15, 0.2) is 0 Å². The van der Waals surface area contributed by atoms with Crippen molar-refractivity contribution in [1.82, 2.24) is 10.2 Å². The fraction of sp³-hybridized carbons (Fsp3) is 0.739. The summed E-state index contributed by atoms with van der Waals surface area (Å²) in [6.07, 6.45) is 7.33. The molecule has 0 aromatic heterocycles. The Hall–Kier alpha value is -1.10. The molecule has 1 spiro atoms. The predicted molar refractivity (Wildman–Crippen MR) is 109 cm³/mol. The van der Waals surface area contributed by atoms with Gasteiger partial charge in [-0.25, -0.2) is 0 Å². The Morgan fingerprint density at radius 3 is 2.56 bits per heavy atom. The van der Waals surface area contributed by atoms with Gasteiger partial charge in [-0.05, 0) is 82.0 Å². The Morgan fingerprint density at radius 2 is 1.93 bits per heavy atom. The maximum absolute atomic E-state index is 9.92. The van der Waals surface area contributed by atoms with Crippen LogP contribution in [0.2, 0.25) is 0 Å². The molecule has 27 heavy (non-hydrogen) atoms. The number of nitrogens with one attached hydrogen (secondary N) is 1. The topological polar surface area (TPSA) is 44.7 Å². The first-order valence-corrected chi connectivity index (χ1v) is 10.8. The molecule has 1 unspecified atom stereocenters. The lowest BCUT2D eigenvalue weighted by molar-refractivity contribution is 0.0550. The van der Waals surface area contributed by atoms with Crippen LogP contribution in [-0.4, -0.2) is 54.4 Å². The first-order valence-electron chi connectivity index (χ1n) is 10.8. The van der Waals surface area contributed by atoms with Crippen molar-refractivity contribution in [2.24, 2.45) is 5.41 Å². The van der Waals surface area contributed by atoms with Gasteiger partial charge in [-0.15, -0.1) is 0 Å². The van der Waals surface area contributed by atoms with Gasteiger partial charge in [0.2, 0.25) is 0 Å². The van der Waals surface area contributed by atoms with E-state index >= 15 is 0 Å². The zero-order valence-corrected chi connectivity index (χ0v) is 17.0. The highest BCUT2D eigenvalue weighted by molar-refractivity contribution is 5.36. The maximum atomic E-state index is 9.92. The van der Waals surface area contributed by atoms with Crippen LogP contribution in [0.25, 0.3) is 0 Å². The van der Waals surface area contributed by atoms with Crippen LogP contribution < -0.4 is 10.1 Å². The van der Waals surface area contributed by atoms with E-state index in [9.17, 15) is 5.11 Å². The fourth-order valence-electron chi connectivity index (χ4n) is 5.22. The molecule has 1 saturated carbocycles. The molecule has 3 aliphatic rings. The van der Waals surface area contributed by atoms with Crippen molar-refractivity contribution < 1.29 is 9.84 Å². The lowest BCUT2D eigenvalue weighted by Gasteiger charge is -2.41. The molecule has 0 amide bonds. The highest BCUT2D eigenvalue weighted by Gasteiger charge is 2.45. The number of likely N-dealkylation sites (tertiary alicyclic amines) is 1. The Kier molecular flexibility index (Phi) is 5.50. The molecule has 4 heteroatoms. The van der Waals surface area contributed by atoms with Crippen LogP contribution in [0.5, 0.6) is 5.75 Å². The van der Waals surface area contributed by atoms with E-state index in [0.717, 1.165) is 11.8 Å². The smallest absolute Gasteiger partial charge is 0.122 e. The van der Waals surface area contributed by atoms with Crippen molar-refractivity contribution in [3.63, 3.8) is 0 Å². The summed E-state index contributed by atoms with van der Waals surface area (Å²) in [7, 11) is 0. The number of ether oxygens (including phenoxy) is 1. The first kappa shape index (κ1) is 19.2. The fourth-order valence-corrected chi connectivity index (χ4v) is 5.22. The van der Waals surface area contributed by atoms with Gasteiger partial charge >= 0.3 is 0 Å². The number of para-hydroxylation sites is 1. The third kappa shape index (κ3) is 4.49. The standard InChI is InChI=1S/C23H36N2O2/c1-22(2,26)11-14-27-21-6-4-3-5-20(21)18-8-12-25(13-9-18)19-7-10-23(15-19)16-24-17-23/h3-6,18-19,24,26H,7-17H2,1-2H3. The number of rotatable bonds is 6. The van der Waals surface area contributed by atoms with Gasteiger partial charge in [-0.3, -0.25) is 0 Å². The second-order valence-corrected chi connectivity index (χ2v) is 9.76. The van der Waals surface area contributed by atoms with E-state index in [0.29, 0.717) is 24.4 Å². The quantitative estimate of drug-likeness (QED) is 0.802. The molecule has 0 bridgehead atoms. The van der Waals surface area contributed by atoms with E-state index in [-0.39, 0.29) is 0 Å². The van der Waals surface area contributed by atoms with Crippen LogP contribution in [-0.2, 0) is 0 Å². The Balaban J connectivity index is 1.31. The number of benzene rings is 1. The zero-order chi connectivity index (χ0) is 18.9. The monoisotopic (exact) mass is 372 g/mol. The molecule has 3 fully saturated rings. The third-order valence-electron chi connectivity index (χ3n) is 7.05. The Labute approximate surface area is 164 Å². The zero-order valence-electron chi connectivity index (χ0n) is 17.0. The van der Waals surface area contributed by atoms with Crippen LogP contribution >= 0.6 is 0 Å². The van der Waals surface area contributed by atoms with E-state index in [4.69, 9.17) is 4.74 Å². The minimum atomic E-state index is -0.672. The maximum Gasteiger partial charge on any atom is 0.122 e. The van der Waals surface area contributed by atoms with Crippen LogP contribution in [0.15, 0.2) is 24.3 Å².